The molecule has 0 amide bonds. The quantitative estimate of drug-likeness (QED) is 0.617. The number of piperidine rings is 1. The van der Waals surface area contributed by atoms with E-state index in [9.17, 15) is 0 Å². The second kappa shape index (κ2) is 3.26. The summed E-state index contributed by atoms with van der Waals surface area (Å²) in [6.07, 6.45) is 12.6. The average molecular weight is 188 g/mol. The van der Waals surface area contributed by atoms with Gasteiger partial charge in [-0.3, -0.25) is 4.99 Å². The lowest BCUT2D eigenvalue weighted by Gasteiger charge is -2.36. The Morgan fingerprint density at radius 2 is 2.43 bits per heavy atom. The highest BCUT2D eigenvalue weighted by Crippen LogP contribution is 2.35. The fourth-order valence-corrected chi connectivity index (χ4v) is 2.77. The molecule has 3 atom stereocenters. The Balaban J connectivity index is 1.88. The molecule has 0 saturated carbocycles. The van der Waals surface area contributed by atoms with Crippen molar-refractivity contribution in [3.05, 3.63) is 23.9 Å². The van der Waals surface area contributed by atoms with Crippen molar-refractivity contribution < 1.29 is 0 Å². The Bertz CT molecular complexity index is 314. The third-order valence-electron chi connectivity index (χ3n) is 3.54. The molecule has 3 rings (SSSR count). The van der Waals surface area contributed by atoms with Crippen LogP contribution in [-0.4, -0.2) is 18.8 Å². The van der Waals surface area contributed by atoms with Gasteiger partial charge in [0.05, 0.1) is 6.04 Å². The summed E-state index contributed by atoms with van der Waals surface area (Å²) < 4.78 is 0. The number of hydrogen-bond acceptors (Lipinski definition) is 2. The van der Waals surface area contributed by atoms with E-state index >= 15 is 0 Å². The van der Waals surface area contributed by atoms with Crippen LogP contribution in [0.15, 0.2) is 28.9 Å². The Morgan fingerprint density at radius 3 is 3.43 bits per heavy atom. The predicted octanol–water partition coefficient (Wildman–Crippen LogP) is 1.90. The van der Waals surface area contributed by atoms with Crippen molar-refractivity contribution in [1.29, 1.82) is 0 Å². The van der Waals surface area contributed by atoms with E-state index in [0.29, 0.717) is 12.0 Å². The van der Waals surface area contributed by atoms with Crippen molar-refractivity contribution in [3.63, 3.8) is 0 Å². The molecular weight excluding hydrogens is 172 g/mol. The molecule has 1 fully saturated rings. The van der Waals surface area contributed by atoms with Gasteiger partial charge in [-0.1, -0.05) is 12.2 Å². The van der Waals surface area contributed by atoms with Crippen LogP contribution < -0.4 is 5.32 Å². The largest absolute Gasteiger partial charge is 0.388 e. The van der Waals surface area contributed by atoms with E-state index in [1.54, 1.807) is 0 Å². The van der Waals surface area contributed by atoms with Gasteiger partial charge in [0, 0.05) is 30.3 Å². The average Bonchev–Trinajstić information content (AvgIpc) is 2.26. The minimum absolute atomic E-state index is 0.522. The van der Waals surface area contributed by atoms with Gasteiger partial charge in [-0.05, 0) is 25.3 Å². The molecule has 1 aliphatic carbocycles. The molecule has 0 spiro atoms. The molecule has 2 heterocycles. The van der Waals surface area contributed by atoms with Crippen LogP contribution in [0, 0.1) is 11.8 Å². The molecule has 3 aliphatic rings. The fraction of sp³-hybridized carbons (Fsp3) is 0.583. The van der Waals surface area contributed by atoms with Gasteiger partial charge < -0.3 is 5.32 Å². The second-order valence-electron chi connectivity index (χ2n) is 4.45. The summed E-state index contributed by atoms with van der Waals surface area (Å²) in [4.78, 5) is 4.56. The molecule has 0 radical (unpaired) electrons. The number of nitrogens with one attached hydrogen (secondary N) is 1. The molecule has 3 unspecified atom stereocenters. The van der Waals surface area contributed by atoms with E-state index in [1.165, 1.54) is 25.0 Å². The summed E-state index contributed by atoms with van der Waals surface area (Å²) in [5.41, 5.74) is 1.49. The Labute approximate surface area is 84.8 Å². The van der Waals surface area contributed by atoms with E-state index in [0.717, 1.165) is 12.5 Å². The summed E-state index contributed by atoms with van der Waals surface area (Å²) in [6.45, 7) is 1.16. The van der Waals surface area contributed by atoms with Crippen molar-refractivity contribution in [2.24, 2.45) is 16.8 Å². The Kier molecular flexibility index (Phi) is 1.93. The van der Waals surface area contributed by atoms with E-state index in [-0.39, 0.29) is 0 Å². The number of allylic oxidation sites excluding steroid dienone is 2. The third kappa shape index (κ3) is 1.29. The number of hydrogen-bond donors (Lipinski definition) is 1. The summed E-state index contributed by atoms with van der Waals surface area (Å²) in [5.74, 6) is 1.31. The molecule has 0 aromatic carbocycles. The normalized spacial score (nSPS) is 39.4. The van der Waals surface area contributed by atoms with Gasteiger partial charge in [0.1, 0.15) is 0 Å². The molecule has 2 nitrogen and oxygen atoms in total. The number of aliphatic imine (C=N–C) groups is 1. The molecule has 74 valence electrons. The minimum Gasteiger partial charge on any atom is -0.388 e. The molecule has 1 N–H and O–H groups in total. The van der Waals surface area contributed by atoms with Gasteiger partial charge in [0.15, 0.2) is 0 Å². The molecular formula is C12H16N2. The van der Waals surface area contributed by atoms with Crippen LogP contribution in [0.2, 0.25) is 0 Å². The highest BCUT2D eigenvalue weighted by molar-refractivity contribution is 5.72. The van der Waals surface area contributed by atoms with Crippen LogP contribution in [0.3, 0.4) is 0 Å². The van der Waals surface area contributed by atoms with Crippen LogP contribution >= 0.6 is 0 Å². The van der Waals surface area contributed by atoms with Crippen LogP contribution in [0.1, 0.15) is 19.3 Å². The molecule has 1 saturated heterocycles. The Hall–Kier alpha value is -1.05. The number of dihydropyridines is 1. The first kappa shape index (κ1) is 8.27. The lowest BCUT2D eigenvalue weighted by molar-refractivity contribution is 0.343. The highest BCUT2D eigenvalue weighted by atomic mass is 14.9. The maximum absolute atomic E-state index is 4.56. The van der Waals surface area contributed by atoms with Crippen LogP contribution in [0.5, 0.6) is 0 Å². The van der Waals surface area contributed by atoms with E-state index in [1.807, 2.05) is 6.21 Å². The zero-order valence-corrected chi connectivity index (χ0v) is 8.32. The minimum atomic E-state index is 0.522. The van der Waals surface area contributed by atoms with E-state index in [4.69, 9.17) is 0 Å². The zero-order valence-electron chi connectivity index (χ0n) is 8.32. The first-order chi connectivity index (χ1) is 6.93. The van der Waals surface area contributed by atoms with Crippen LogP contribution in [0.25, 0.3) is 0 Å². The topological polar surface area (TPSA) is 24.4 Å². The summed E-state index contributed by atoms with van der Waals surface area (Å²) in [7, 11) is 0. The fourth-order valence-electron chi connectivity index (χ4n) is 2.77. The zero-order chi connectivity index (χ0) is 9.38. The van der Waals surface area contributed by atoms with Crippen LogP contribution in [0.4, 0.5) is 0 Å². The summed E-state index contributed by atoms with van der Waals surface area (Å²) in [6, 6.07) is 0.522. The first-order valence-corrected chi connectivity index (χ1v) is 5.59. The molecule has 0 aromatic heterocycles. The molecule has 0 aromatic rings. The third-order valence-corrected chi connectivity index (χ3v) is 3.54. The van der Waals surface area contributed by atoms with Gasteiger partial charge in [-0.2, -0.15) is 0 Å². The monoisotopic (exact) mass is 188 g/mol. The van der Waals surface area contributed by atoms with Gasteiger partial charge in [-0.15, -0.1) is 0 Å². The summed E-state index contributed by atoms with van der Waals surface area (Å²) >= 11 is 0. The van der Waals surface area contributed by atoms with Gasteiger partial charge in [0.25, 0.3) is 0 Å². The number of nitrogens with zero attached hydrogens (tertiary/aromatic N) is 1. The van der Waals surface area contributed by atoms with Crippen molar-refractivity contribution >= 4 is 6.21 Å². The van der Waals surface area contributed by atoms with Crippen molar-refractivity contribution in [1.82, 2.24) is 5.32 Å². The molecule has 0 bridgehead atoms. The maximum atomic E-state index is 4.56. The smallest absolute Gasteiger partial charge is 0.0603 e. The SMILES string of the molecule is C1=CC2C=C3NCCCC3CC2N=C1. The number of rotatable bonds is 0. The lowest BCUT2D eigenvalue weighted by atomic mass is 9.78. The number of fused-ring (bicyclic) bond motifs is 2. The highest BCUT2D eigenvalue weighted by Gasteiger charge is 2.31. The lowest BCUT2D eigenvalue weighted by Crippen LogP contribution is -2.36. The maximum Gasteiger partial charge on any atom is 0.0603 e. The Morgan fingerprint density at radius 1 is 1.43 bits per heavy atom. The van der Waals surface area contributed by atoms with Crippen molar-refractivity contribution in [2.45, 2.75) is 25.3 Å². The predicted molar refractivity (Wildman–Crippen MR) is 58.3 cm³/mol. The molecule has 2 heteroatoms. The van der Waals surface area contributed by atoms with Gasteiger partial charge >= 0.3 is 0 Å². The van der Waals surface area contributed by atoms with Crippen LogP contribution in [-0.2, 0) is 0 Å². The van der Waals surface area contributed by atoms with E-state index in [2.05, 4.69) is 28.5 Å². The second-order valence-corrected chi connectivity index (χ2v) is 4.45. The molecule has 14 heavy (non-hydrogen) atoms. The first-order valence-electron chi connectivity index (χ1n) is 5.59. The van der Waals surface area contributed by atoms with Crippen molar-refractivity contribution in [2.75, 3.05) is 6.54 Å². The standard InChI is InChI=1S/C12H16N2/c1-3-9-7-12-10(4-2-6-14-12)8-11(9)13-5-1/h1,3,5,7,9-11,14H,2,4,6,8H2. The van der Waals surface area contributed by atoms with E-state index < -0.39 is 0 Å². The van der Waals surface area contributed by atoms with Gasteiger partial charge in [-0.25, -0.2) is 0 Å². The van der Waals surface area contributed by atoms with Gasteiger partial charge in [0.2, 0.25) is 0 Å². The van der Waals surface area contributed by atoms with Crippen molar-refractivity contribution in [3.8, 4) is 0 Å². The summed E-state index contributed by atoms with van der Waals surface area (Å²) in [5, 5.41) is 3.53. The molecule has 2 aliphatic heterocycles.